The molecule has 0 aliphatic carbocycles. The van der Waals surface area contributed by atoms with Crippen LogP contribution in [-0.2, 0) is 9.84 Å². The summed E-state index contributed by atoms with van der Waals surface area (Å²) in [4.78, 5) is 14.2. The van der Waals surface area contributed by atoms with Gasteiger partial charge in [0.25, 0.3) is 0 Å². The van der Waals surface area contributed by atoms with Gasteiger partial charge in [0.15, 0.2) is 15.6 Å². The van der Waals surface area contributed by atoms with Crippen molar-refractivity contribution in [2.75, 3.05) is 37.9 Å². The van der Waals surface area contributed by atoms with E-state index in [0.29, 0.717) is 22.8 Å². The number of nitrogens with one attached hydrogen (secondary N) is 1. The summed E-state index contributed by atoms with van der Waals surface area (Å²) in [5.41, 5.74) is 5.96. The molecule has 0 aliphatic rings. The van der Waals surface area contributed by atoms with Crippen molar-refractivity contribution in [2.45, 2.75) is 31.2 Å². The number of Topliss-reactive ketones (excluding diaryl/α,β-unsaturated/α-hetero) is 1. The van der Waals surface area contributed by atoms with E-state index in [1.165, 1.54) is 0 Å². The molecule has 1 atom stereocenters. The van der Waals surface area contributed by atoms with E-state index in [1.54, 1.807) is 6.92 Å². The lowest BCUT2D eigenvalue weighted by atomic mass is 10.2. The van der Waals surface area contributed by atoms with Crippen LogP contribution in [0.5, 0.6) is 0 Å². The Labute approximate surface area is 130 Å². The van der Waals surface area contributed by atoms with Crippen molar-refractivity contribution < 1.29 is 13.2 Å². The van der Waals surface area contributed by atoms with Gasteiger partial charge in [-0.15, -0.1) is 11.3 Å². The molecule has 21 heavy (non-hydrogen) atoms. The Hall–Kier alpha value is -1.12. The number of anilines is 2. The molecular weight excluding hydrogens is 310 g/mol. The van der Waals surface area contributed by atoms with Gasteiger partial charge < -0.3 is 16.0 Å². The second-order valence-corrected chi connectivity index (χ2v) is 8.22. The first-order valence-corrected chi connectivity index (χ1v) is 9.36. The number of rotatable bonds is 7. The zero-order valence-corrected chi connectivity index (χ0v) is 14.7. The molecule has 1 aromatic heterocycles. The summed E-state index contributed by atoms with van der Waals surface area (Å²) in [6.07, 6.45) is 1.40. The molecule has 0 bridgehead atoms. The first kappa shape index (κ1) is 17.9. The number of hydrogen-bond acceptors (Lipinski definition) is 7. The predicted molar refractivity (Wildman–Crippen MR) is 88.1 cm³/mol. The van der Waals surface area contributed by atoms with Gasteiger partial charge in [0.05, 0.1) is 10.6 Å². The number of hydrogen-bond donors (Lipinski definition) is 2. The van der Waals surface area contributed by atoms with Crippen LogP contribution in [0, 0.1) is 0 Å². The minimum absolute atomic E-state index is 0.0373. The summed E-state index contributed by atoms with van der Waals surface area (Å²) in [6, 6.07) is 0.214. The Morgan fingerprint density at radius 2 is 2.00 bits per heavy atom. The molecule has 0 fully saturated rings. The molecule has 0 spiro atoms. The van der Waals surface area contributed by atoms with Crippen LogP contribution in [0.25, 0.3) is 0 Å². The van der Waals surface area contributed by atoms with Crippen LogP contribution in [0.2, 0.25) is 0 Å². The van der Waals surface area contributed by atoms with Crippen molar-refractivity contribution in [3.05, 3.63) is 4.88 Å². The Morgan fingerprint density at radius 3 is 2.43 bits per heavy atom. The Balaban J connectivity index is 3.21. The van der Waals surface area contributed by atoms with Gasteiger partial charge in [-0.25, -0.2) is 8.42 Å². The van der Waals surface area contributed by atoms with Crippen molar-refractivity contribution in [1.82, 2.24) is 4.90 Å². The topological polar surface area (TPSA) is 92.5 Å². The molecular formula is C13H23N3O3S2. The summed E-state index contributed by atoms with van der Waals surface area (Å²) in [5.74, 6) is -0.142. The van der Waals surface area contributed by atoms with Crippen molar-refractivity contribution in [2.24, 2.45) is 0 Å². The van der Waals surface area contributed by atoms with E-state index in [2.05, 4.69) is 5.32 Å². The van der Waals surface area contributed by atoms with Gasteiger partial charge in [-0.05, 0) is 21.0 Å². The van der Waals surface area contributed by atoms with E-state index in [4.69, 9.17) is 5.73 Å². The van der Waals surface area contributed by atoms with E-state index >= 15 is 0 Å². The van der Waals surface area contributed by atoms with E-state index in [9.17, 15) is 13.2 Å². The van der Waals surface area contributed by atoms with Crippen molar-refractivity contribution in [1.29, 1.82) is 0 Å². The fourth-order valence-electron chi connectivity index (χ4n) is 1.70. The molecule has 1 heterocycles. The number of carbonyl (C=O) groups is 1. The van der Waals surface area contributed by atoms with Crippen LogP contribution >= 0.6 is 11.3 Å². The quantitative estimate of drug-likeness (QED) is 0.738. The maximum Gasteiger partial charge on any atom is 0.180 e. The zero-order valence-electron chi connectivity index (χ0n) is 13.1. The Bertz CT molecular complexity index is 621. The van der Waals surface area contributed by atoms with E-state index < -0.39 is 9.84 Å². The highest BCUT2D eigenvalue weighted by atomic mass is 32.2. The molecule has 0 aliphatic heterocycles. The van der Waals surface area contributed by atoms with Gasteiger partial charge in [0.2, 0.25) is 0 Å². The number of thiophene rings is 1. The van der Waals surface area contributed by atoms with E-state index in [-0.39, 0.29) is 22.4 Å². The lowest BCUT2D eigenvalue weighted by Crippen LogP contribution is -2.31. The highest BCUT2D eigenvalue weighted by molar-refractivity contribution is 7.91. The molecule has 3 N–H and O–H groups in total. The average Bonchev–Trinajstić information content (AvgIpc) is 2.71. The molecule has 1 aromatic rings. The third kappa shape index (κ3) is 4.18. The van der Waals surface area contributed by atoms with E-state index in [1.807, 2.05) is 25.9 Å². The number of nitrogen functional groups attached to an aromatic ring is 1. The number of sulfone groups is 1. The smallest absolute Gasteiger partial charge is 0.180 e. The number of carbonyl (C=O) groups excluding carboxylic acids is 1. The highest BCUT2D eigenvalue weighted by Gasteiger charge is 2.26. The summed E-state index contributed by atoms with van der Waals surface area (Å²) >= 11 is 1.12. The third-order valence-corrected chi connectivity index (χ3v) is 5.78. The minimum Gasteiger partial charge on any atom is -0.396 e. The molecule has 6 nitrogen and oxygen atoms in total. The fraction of sp³-hybridized carbons (Fsp3) is 0.615. The maximum atomic E-state index is 11.9. The van der Waals surface area contributed by atoms with Gasteiger partial charge in [-0.1, -0.05) is 6.92 Å². The molecule has 0 aromatic carbocycles. The van der Waals surface area contributed by atoms with Crippen molar-refractivity contribution >= 4 is 37.6 Å². The molecule has 120 valence electrons. The largest absolute Gasteiger partial charge is 0.396 e. The summed E-state index contributed by atoms with van der Waals surface area (Å²) < 4.78 is 23.9. The first-order chi connectivity index (χ1) is 9.59. The van der Waals surface area contributed by atoms with E-state index in [0.717, 1.165) is 17.6 Å². The van der Waals surface area contributed by atoms with Crippen LogP contribution in [0.3, 0.4) is 0 Å². The van der Waals surface area contributed by atoms with Gasteiger partial charge in [0.1, 0.15) is 9.90 Å². The maximum absolute atomic E-state index is 11.9. The standard InChI is InChI=1S/C13H23N3O3S2/c1-6-9(17)11-10(14)12(21(5,18)19)13(20-11)15-7-8(2)16(3)4/h8,15H,6-7,14H2,1-5H3. The predicted octanol–water partition coefficient (Wildman–Crippen LogP) is 1.69. The second kappa shape index (κ2) is 6.76. The van der Waals surface area contributed by atoms with Crippen LogP contribution in [0.1, 0.15) is 29.9 Å². The lowest BCUT2D eigenvalue weighted by molar-refractivity contribution is 0.0992. The first-order valence-electron chi connectivity index (χ1n) is 6.65. The normalized spacial score (nSPS) is 13.4. The fourth-order valence-corrected chi connectivity index (χ4v) is 4.29. The number of nitrogens with zero attached hydrogens (tertiary/aromatic N) is 1. The number of likely N-dealkylation sites (N-methyl/N-ethyl adjacent to an activating group) is 1. The van der Waals surface area contributed by atoms with Gasteiger partial charge in [0, 0.05) is 25.3 Å². The zero-order chi connectivity index (χ0) is 16.4. The summed E-state index contributed by atoms with van der Waals surface area (Å²) in [6.45, 7) is 4.31. The summed E-state index contributed by atoms with van der Waals surface area (Å²) in [7, 11) is 0.390. The van der Waals surface area contributed by atoms with Gasteiger partial charge in [-0.2, -0.15) is 0 Å². The van der Waals surface area contributed by atoms with Crippen LogP contribution in [0.4, 0.5) is 10.7 Å². The molecule has 0 amide bonds. The minimum atomic E-state index is -3.50. The Kier molecular flexibility index (Phi) is 5.77. The molecule has 1 rings (SSSR count). The molecule has 0 saturated carbocycles. The highest BCUT2D eigenvalue weighted by Crippen LogP contribution is 2.39. The average molecular weight is 333 g/mol. The number of nitrogens with two attached hydrogens (primary N) is 1. The van der Waals surface area contributed by atoms with Crippen molar-refractivity contribution in [3.63, 3.8) is 0 Å². The second-order valence-electron chi connectivity index (χ2n) is 5.25. The van der Waals surface area contributed by atoms with Crippen LogP contribution in [0.15, 0.2) is 4.90 Å². The SMILES string of the molecule is CCC(=O)c1sc(NCC(C)N(C)C)c(S(C)(=O)=O)c1N. The van der Waals surface area contributed by atoms with Crippen molar-refractivity contribution in [3.8, 4) is 0 Å². The number of ketones is 1. The lowest BCUT2D eigenvalue weighted by Gasteiger charge is -2.20. The van der Waals surface area contributed by atoms with Gasteiger partial charge in [-0.3, -0.25) is 4.79 Å². The molecule has 8 heteroatoms. The monoisotopic (exact) mass is 333 g/mol. The third-order valence-electron chi connectivity index (χ3n) is 3.28. The molecule has 0 radical (unpaired) electrons. The molecule has 0 saturated heterocycles. The Morgan fingerprint density at radius 1 is 1.43 bits per heavy atom. The van der Waals surface area contributed by atoms with Gasteiger partial charge >= 0.3 is 0 Å². The molecule has 1 unspecified atom stereocenters. The summed E-state index contributed by atoms with van der Waals surface area (Å²) in [5, 5.41) is 3.55. The van der Waals surface area contributed by atoms with Crippen LogP contribution in [-0.4, -0.2) is 52.0 Å². The van der Waals surface area contributed by atoms with Crippen LogP contribution < -0.4 is 11.1 Å².